The summed E-state index contributed by atoms with van der Waals surface area (Å²) in [7, 11) is 0. The SMILES string of the molecule is C=CCc1cccc(C=C)c1C=C. The Bertz CT molecular complexity index is 332. The number of hydrogen-bond donors (Lipinski definition) is 0. The molecule has 0 unspecified atom stereocenters. The smallest absolute Gasteiger partial charge is 0.00940 e. The van der Waals surface area contributed by atoms with Gasteiger partial charge in [-0.25, -0.2) is 0 Å². The molecule has 0 spiro atoms. The summed E-state index contributed by atoms with van der Waals surface area (Å²) < 4.78 is 0. The van der Waals surface area contributed by atoms with Gasteiger partial charge in [-0.3, -0.25) is 0 Å². The van der Waals surface area contributed by atoms with Gasteiger partial charge in [0.2, 0.25) is 0 Å². The summed E-state index contributed by atoms with van der Waals surface area (Å²) in [6.45, 7) is 11.3. The molecule has 0 saturated heterocycles. The second-order valence-electron chi connectivity index (χ2n) is 2.82. The molecule has 0 aliphatic rings. The summed E-state index contributed by atoms with van der Waals surface area (Å²) in [5.74, 6) is 0. The zero-order valence-corrected chi connectivity index (χ0v) is 7.79. The van der Waals surface area contributed by atoms with Gasteiger partial charge in [0.15, 0.2) is 0 Å². The number of allylic oxidation sites excluding steroid dienone is 1. The van der Waals surface area contributed by atoms with Crippen molar-refractivity contribution in [2.75, 3.05) is 0 Å². The van der Waals surface area contributed by atoms with Crippen LogP contribution in [0.1, 0.15) is 16.7 Å². The molecule has 13 heavy (non-hydrogen) atoms. The van der Waals surface area contributed by atoms with Crippen LogP contribution in [-0.2, 0) is 6.42 Å². The molecule has 0 N–H and O–H groups in total. The van der Waals surface area contributed by atoms with Gasteiger partial charge in [-0.05, 0) is 23.1 Å². The van der Waals surface area contributed by atoms with E-state index in [1.165, 1.54) is 5.56 Å². The predicted octanol–water partition coefficient (Wildman–Crippen LogP) is 3.70. The zero-order valence-electron chi connectivity index (χ0n) is 7.79. The molecular formula is C13H14. The van der Waals surface area contributed by atoms with Gasteiger partial charge in [0.1, 0.15) is 0 Å². The lowest BCUT2D eigenvalue weighted by Crippen LogP contribution is -1.89. The fourth-order valence-corrected chi connectivity index (χ4v) is 1.39. The average Bonchev–Trinajstić information content (AvgIpc) is 2.18. The molecule has 0 radical (unpaired) electrons. The van der Waals surface area contributed by atoms with Crippen molar-refractivity contribution in [3.8, 4) is 0 Å². The van der Waals surface area contributed by atoms with E-state index in [1.54, 1.807) is 0 Å². The van der Waals surface area contributed by atoms with E-state index in [1.807, 2.05) is 30.4 Å². The zero-order chi connectivity index (χ0) is 9.68. The third kappa shape index (κ3) is 1.97. The summed E-state index contributed by atoms with van der Waals surface area (Å²) in [4.78, 5) is 0. The van der Waals surface area contributed by atoms with Crippen LogP contribution >= 0.6 is 0 Å². The minimum absolute atomic E-state index is 0.878. The third-order valence-electron chi connectivity index (χ3n) is 2.02. The van der Waals surface area contributed by atoms with Crippen LogP contribution in [0.2, 0.25) is 0 Å². The van der Waals surface area contributed by atoms with Crippen molar-refractivity contribution in [3.63, 3.8) is 0 Å². The highest BCUT2D eigenvalue weighted by molar-refractivity contribution is 5.66. The lowest BCUT2D eigenvalue weighted by atomic mass is 9.99. The van der Waals surface area contributed by atoms with E-state index in [0.29, 0.717) is 0 Å². The van der Waals surface area contributed by atoms with Crippen LogP contribution in [0.15, 0.2) is 44.0 Å². The molecule has 0 aromatic heterocycles. The van der Waals surface area contributed by atoms with Crippen LogP contribution in [-0.4, -0.2) is 0 Å². The Morgan fingerprint density at radius 3 is 2.38 bits per heavy atom. The first-order valence-electron chi connectivity index (χ1n) is 4.31. The Morgan fingerprint density at radius 1 is 1.08 bits per heavy atom. The monoisotopic (exact) mass is 170 g/mol. The molecule has 0 aliphatic carbocycles. The van der Waals surface area contributed by atoms with Crippen molar-refractivity contribution in [3.05, 3.63) is 60.7 Å². The van der Waals surface area contributed by atoms with E-state index >= 15 is 0 Å². The molecule has 0 aliphatic heterocycles. The molecule has 0 saturated carbocycles. The van der Waals surface area contributed by atoms with Crippen molar-refractivity contribution < 1.29 is 0 Å². The molecule has 1 aromatic carbocycles. The fraction of sp³-hybridized carbons (Fsp3) is 0.0769. The second-order valence-corrected chi connectivity index (χ2v) is 2.82. The van der Waals surface area contributed by atoms with Crippen LogP contribution < -0.4 is 0 Å². The summed E-state index contributed by atoms with van der Waals surface area (Å²) in [6.07, 6.45) is 6.50. The molecular weight excluding hydrogens is 156 g/mol. The second kappa shape index (κ2) is 4.46. The molecule has 1 rings (SSSR count). The minimum atomic E-state index is 0.878. The van der Waals surface area contributed by atoms with E-state index in [-0.39, 0.29) is 0 Å². The van der Waals surface area contributed by atoms with Gasteiger partial charge in [-0.2, -0.15) is 0 Å². The van der Waals surface area contributed by atoms with Gasteiger partial charge < -0.3 is 0 Å². The minimum Gasteiger partial charge on any atom is -0.103 e. The van der Waals surface area contributed by atoms with Crippen molar-refractivity contribution in [1.29, 1.82) is 0 Å². The number of rotatable bonds is 4. The van der Waals surface area contributed by atoms with Crippen LogP contribution in [0, 0.1) is 0 Å². The Balaban J connectivity index is 3.25. The molecule has 0 heteroatoms. The standard InChI is InChI=1S/C13H14/c1-4-8-12-10-7-9-11(5-2)13(12)6-3/h4-7,9-10H,1-3,8H2. The highest BCUT2D eigenvalue weighted by atomic mass is 14.0. The number of benzene rings is 1. The van der Waals surface area contributed by atoms with E-state index in [4.69, 9.17) is 0 Å². The molecule has 0 heterocycles. The fourth-order valence-electron chi connectivity index (χ4n) is 1.39. The molecule has 0 nitrogen and oxygen atoms in total. The molecule has 0 atom stereocenters. The van der Waals surface area contributed by atoms with Crippen LogP contribution in [0.3, 0.4) is 0 Å². The predicted molar refractivity (Wildman–Crippen MR) is 60.5 cm³/mol. The van der Waals surface area contributed by atoms with E-state index < -0.39 is 0 Å². The molecule has 66 valence electrons. The lowest BCUT2D eigenvalue weighted by Gasteiger charge is -2.06. The van der Waals surface area contributed by atoms with Crippen molar-refractivity contribution in [1.82, 2.24) is 0 Å². The van der Waals surface area contributed by atoms with Crippen molar-refractivity contribution >= 4 is 12.2 Å². The highest BCUT2D eigenvalue weighted by Crippen LogP contribution is 2.18. The summed E-state index contributed by atoms with van der Waals surface area (Å²) in [5, 5.41) is 0. The molecule has 0 bridgehead atoms. The van der Waals surface area contributed by atoms with Gasteiger partial charge in [0, 0.05) is 0 Å². The van der Waals surface area contributed by atoms with Crippen molar-refractivity contribution in [2.45, 2.75) is 6.42 Å². The summed E-state index contributed by atoms with van der Waals surface area (Å²) >= 11 is 0. The Kier molecular flexibility index (Phi) is 3.27. The van der Waals surface area contributed by atoms with Crippen molar-refractivity contribution in [2.24, 2.45) is 0 Å². The average molecular weight is 170 g/mol. The molecule has 0 amide bonds. The maximum atomic E-state index is 3.80. The number of hydrogen-bond acceptors (Lipinski definition) is 0. The molecule has 1 aromatic rings. The quantitative estimate of drug-likeness (QED) is 0.604. The topological polar surface area (TPSA) is 0 Å². The van der Waals surface area contributed by atoms with E-state index in [9.17, 15) is 0 Å². The van der Waals surface area contributed by atoms with E-state index in [2.05, 4.69) is 25.8 Å². The maximum absolute atomic E-state index is 3.80. The van der Waals surface area contributed by atoms with Crippen LogP contribution in [0.25, 0.3) is 12.2 Å². The van der Waals surface area contributed by atoms with Gasteiger partial charge >= 0.3 is 0 Å². The Labute approximate surface area is 79.9 Å². The summed E-state index contributed by atoms with van der Waals surface area (Å²) in [6, 6.07) is 6.16. The summed E-state index contributed by atoms with van der Waals surface area (Å²) in [5.41, 5.74) is 3.55. The van der Waals surface area contributed by atoms with Crippen LogP contribution in [0.4, 0.5) is 0 Å². The maximum Gasteiger partial charge on any atom is -0.00940 e. The van der Waals surface area contributed by atoms with Gasteiger partial charge in [0.25, 0.3) is 0 Å². The first-order valence-corrected chi connectivity index (χ1v) is 4.31. The Hall–Kier alpha value is -1.56. The van der Waals surface area contributed by atoms with Gasteiger partial charge in [-0.1, -0.05) is 49.6 Å². The lowest BCUT2D eigenvalue weighted by molar-refractivity contribution is 1.26. The third-order valence-corrected chi connectivity index (χ3v) is 2.02. The normalized spacial score (nSPS) is 9.23. The largest absolute Gasteiger partial charge is 0.103 e. The van der Waals surface area contributed by atoms with Gasteiger partial charge in [-0.15, -0.1) is 6.58 Å². The van der Waals surface area contributed by atoms with E-state index in [0.717, 1.165) is 17.5 Å². The highest BCUT2D eigenvalue weighted by Gasteiger charge is 2.00. The Morgan fingerprint density at radius 2 is 1.85 bits per heavy atom. The first kappa shape index (κ1) is 9.53. The van der Waals surface area contributed by atoms with Crippen LogP contribution in [0.5, 0.6) is 0 Å². The van der Waals surface area contributed by atoms with Gasteiger partial charge in [0.05, 0.1) is 0 Å². The first-order chi connectivity index (χ1) is 6.33. The molecule has 0 fully saturated rings.